The van der Waals surface area contributed by atoms with Crippen LogP contribution in [0.2, 0.25) is 0 Å². The van der Waals surface area contributed by atoms with E-state index in [1.54, 1.807) is 0 Å². The van der Waals surface area contributed by atoms with Crippen LogP contribution in [0.1, 0.15) is 62.7 Å². The van der Waals surface area contributed by atoms with Gasteiger partial charge in [0, 0.05) is 32.4 Å². The minimum absolute atomic E-state index is 0.0809. The lowest BCUT2D eigenvalue weighted by molar-refractivity contribution is -0.134. The molecule has 5 nitrogen and oxygen atoms in total. The third-order valence-electron chi connectivity index (χ3n) is 5.42. The second-order valence-electron chi connectivity index (χ2n) is 7.28. The Morgan fingerprint density at radius 2 is 2.24 bits per heavy atom. The zero-order chi connectivity index (χ0) is 17.5. The maximum Gasteiger partial charge on any atom is 0.239 e. The molecule has 1 aliphatic carbocycles. The SMILES string of the molecule is CCCCCC(NC1CCCc2cccnc21)C(=O)N1CCNCC1. The molecule has 1 fully saturated rings. The molecule has 0 aromatic carbocycles. The molecule has 0 saturated carbocycles. The molecule has 2 aliphatic rings. The minimum Gasteiger partial charge on any atom is -0.339 e. The first-order valence-electron chi connectivity index (χ1n) is 9.99. The van der Waals surface area contributed by atoms with Crippen molar-refractivity contribution in [3.8, 4) is 0 Å². The number of unbranched alkanes of at least 4 members (excludes halogenated alkanes) is 2. The molecule has 5 heteroatoms. The summed E-state index contributed by atoms with van der Waals surface area (Å²) in [5.74, 6) is 0.278. The summed E-state index contributed by atoms with van der Waals surface area (Å²) in [6, 6.07) is 4.33. The predicted molar refractivity (Wildman–Crippen MR) is 100 cm³/mol. The number of amides is 1. The van der Waals surface area contributed by atoms with E-state index in [1.807, 2.05) is 17.2 Å². The Bertz CT molecular complexity index is 556. The molecule has 2 unspecified atom stereocenters. The fourth-order valence-electron chi connectivity index (χ4n) is 4.00. The van der Waals surface area contributed by atoms with Crippen molar-refractivity contribution in [1.29, 1.82) is 0 Å². The van der Waals surface area contributed by atoms with Crippen molar-refractivity contribution in [3.05, 3.63) is 29.6 Å². The van der Waals surface area contributed by atoms with E-state index in [-0.39, 0.29) is 18.0 Å². The monoisotopic (exact) mass is 344 g/mol. The van der Waals surface area contributed by atoms with Crippen molar-refractivity contribution >= 4 is 5.91 Å². The number of hydrogen-bond acceptors (Lipinski definition) is 4. The van der Waals surface area contributed by atoms with Crippen molar-refractivity contribution in [2.45, 2.75) is 64.0 Å². The second kappa shape index (κ2) is 9.30. The van der Waals surface area contributed by atoms with Gasteiger partial charge in [-0.1, -0.05) is 32.3 Å². The third-order valence-corrected chi connectivity index (χ3v) is 5.42. The Morgan fingerprint density at radius 3 is 3.04 bits per heavy atom. The van der Waals surface area contributed by atoms with E-state index >= 15 is 0 Å². The van der Waals surface area contributed by atoms with Crippen molar-refractivity contribution < 1.29 is 4.79 Å². The summed E-state index contributed by atoms with van der Waals surface area (Å²) in [6.07, 6.45) is 9.62. The van der Waals surface area contributed by atoms with Crippen LogP contribution < -0.4 is 10.6 Å². The molecule has 2 N–H and O–H groups in total. The van der Waals surface area contributed by atoms with Crippen LogP contribution in [0.15, 0.2) is 18.3 Å². The molecular weight excluding hydrogens is 312 g/mol. The van der Waals surface area contributed by atoms with Crippen LogP contribution in [-0.2, 0) is 11.2 Å². The quantitative estimate of drug-likeness (QED) is 0.746. The first kappa shape index (κ1) is 18.3. The fourth-order valence-corrected chi connectivity index (χ4v) is 4.00. The van der Waals surface area contributed by atoms with E-state index in [0.717, 1.165) is 57.6 Å². The van der Waals surface area contributed by atoms with Crippen LogP contribution in [0, 0.1) is 0 Å². The average molecular weight is 345 g/mol. The summed E-state index contributed by atoms with van der Waals surface area (Å²) >= 11 is 0. The van der Waals surface area contributed by atoms with Gasteiger partial charge in [0.2, 0.25) is 5.91 Å². The molecule has 0 radical (unpaired) electrons. The van der Waals surface area contributed by atoms with Crippen molar-refractivity contribution in [2.24, 2.45) is 0 Å². The highest BCUT2D eigenvalue weighted by Crippen LogP contribution is 2.28. The molecule has 1 aromatic heterocycles. The van der Waals surface area contributed by atoms with Crippen LogP contribution in [-0.4, -0.2) is 48.0 Å². The standard InChI is InChI=1S/C20H32N4O/c1-2-3-4-9-18(20(25)24-14-12-21-13-15-24)23-17-10-5-7-16-8-6-11-22-19(16)17/h6,8,11,17-18,21,23H,2-5,7,9-10,12-15H2,1H3. The Kier molecular flexibility index (Phi) is 6.82. The highest BCUT2D eigenvalue weighted by molar-refractivity contribution is 5.82. The molecule has 2 atom stereocenters. The lowest BCUT2D eigenvalue weighted by atomic mass is 9.91. The van der Waals surface area contributed by atoms with Gasteiger partial charge in [0.1, 0.15) is 0 Å². The number of pyridine rings is 1. The van der Waals surface area contributed by atoms with E-state index in [9.17, 15) is 4.79 Å². The summed E-state index contributed by atoms with van der Waals surface area (Å²) in [6.45, 7) is 5.67. The Labute approximate surface area is 151 Å². The van der Waals surface area contributed by atoms with Crippen LogP contribution in [0.25, 0.3) is 0 Å². The number of piperazine rings is 1. The van der Waals surface area contributed by atoms with E-state index in [1.165, 1.54) is 24.8 Å². The summed E-state index contributed by atoms with van der Waals surface area (Å²) in [5, 5.41) is 7.02. The average Bonchev–Trinajstić information content (AvgIpc) is 2.67. The molecule has 1 saturated heterocycles. The molecule has 3 rings (SSSR count). The largest absolute Gasteiger partial charge is 0.339 e. The topological polar surface area (TPSA) is 57.3 Å². The zero-order valence-corrected chi connectivity index (χ0v) is 15.5. The van der Waals surface area contributed by atoms with Gasteiger partial charge >= 0.3 is 0 Å². The first-order chi connectivity index (χ1) is 12.3. The lowest BCUT2D eigenvalue weighted by Crippen LogP contribution is -2.53. The van der Waals surface area contributed by atoms with Gasteiger partial charge in [-0.3, -0.25) is 15.1 Å². The second-order valence-corrected chi connectivity index (χ2v) is 7.28. The van der Waals surface area contributed by atoms with Crippen LogP contribution in [0.5, 0.6) is 0 Å². The van der Waals surface area contributed by atoms with Crippen molar-refractivity contribution in [3.63, 3.8) is 0 Å². The van der Waals surface area contributed by atoms with Crippen molar-refractivity contribution in [2.75, 3.05) is 26.2 Å². The van der Waals surface area contributed by atoms with Gasteiger partial charge in [-0.25, -0.2) is 0 Å². The van der Waals surface area contributed by atoms with Crippen LogP contribution in [0.4, 0.5) is 0 Å². The number of nitrogens with one attached hydrogen (secondary N) is 2. The lowest BCUT2D eigenvalue weighted by Gasteiger charge is -2.34. The van der Waals surface area contributed by atoms with Gasteiger partial charge in [-0.05, 0) is 37.3 Å². The van der Waals surface area contributed by atoms with Gasteiger partial charge < -0.3 is 10.2 Å². The molecule has 1 aliphatic heterocycles. The van der Waals surface area contributed by atoms with Gasteiger partial charge in [-0.2, -0.15) is 0 Å². The normalized spacial score (nSPS) is 21.6. The Balaban J connectivity index is 1.70. The summed E-state index contributed by atoms with van der Waals surface area (Å²) in [4.78, 5) is 19.7. The smallest absolute Gasteiger partial charge is 0.239 e. The summed E-state index contributed by atoms with van der Waals surface area (Å²) < 4.78 is 0. The summed E-state index contributed by atoms with van der Waals surface area (Å²) in [5.41, 5.74) is 2.50. The predicted octanol–water partition coefficient (Wildman–Crippen LogP) is 2.43. The number of aromatic nitrogens is 1. The molecule has 2 heterocycles. The molecule has 138 valence electrons. The minimum atomic E-state index is -0.0809. The van der Waals surface area contributed by atoms with E-state index in [2.05, 4.69) is 28.6 Å². The summed E-state index contributed by atoms with van der Waals surface area (Å²) in [7, 11) is 0. The van der Waals surface area contributed by atoms with Gasteiger partial charge in [0.25, 0.3) is 0 Å². The molecule has 0 spiro atoms. The Hall–Kier alpha value is -1.46. The van der Waals surface area contributed by atoms with Crippen LogP contribution in [0.3, 0.4) is 0 Å². The number of aryl methyl sites for hydroxylation is 1. The van der Waals surface area contributed by atoms with Gasteiger partial charge in [0.15, 0.2) is 0 Å². The number of fused-ring (bicyclic) bond motifs is 1. The molecule has 1 amide bonds. The highest BCUT2D eigenvalue weighted by atomic mass is 16.2. The zero-order valence-electron chi connectivity index (χ0n) is 15.5. The highest BCUT2D eigenvalue weighted by Gasteiger charge is 2.30. The Morgan fingerprint density at radius 1 is 1.40 bits per heavy atom. The van der Waals surface area contributed by atoms with E-state index in [0.29, 0.717) is 0 Å². The number of rotatable bonds is 7. The number of carbonyl (C=O) groups is 1. The van der Waals surface area contributed by atoms with Crippen molar-refractivity contribution in [1.82, 2.24) is 20.5 Å². The van der Waals surface area contributed by atoms with Crippen LogP contribution >= 0.6 is 0 Å². The number of nitrogens with zero attached hydrogens (tertiary/aromatic N) is 2. The first-order valence-corrected chi connectivity index (χ1v) is 9.99. The maximum atomic E-state index is 13.1. The molecular formula is C20H32N4O. The third kappa shape index (κ3) is 4.79. The maximum absolute atomic E-state index is 13.1. The van der Waals surface area contributed by atoms with E-state index in [4.69, 9.17) is 0 Å². The number of hydrogen-bond donors (Lipinski definition) is 2. The van der Waals surface area contributed by atoms with Gasteiger partial charge in [0.05, 0.1) is 17.8 Å². The molecule has 25 heavy (non-hydrogen) atoms. The van der Waals surface area contributed by atoms with E-state index < -0.39 is 0 Å². The van der Waals surface area contributed by atoms with Gasteiger partial charge in [-0.15, -0.1) is 0 Å². The fraction of sp³-hybridized carbons (Fsp3) is 0.700. The number of carbonyl (C=O) groups excluding carboxylic acids is 1. The molecule has 0 bridgehead atoms. The molecule has 1 aromatic rings.